The maximum Gasteiger partial charge on any atom is 0.224 e. The van der Waals surface area contributed by atoms with Crippen molar-refractivity contribution in [1.29, 1.82) is 0 Å². The molecule has 1 heterocycles. The number of rotatable bonds is 3. The number of benzene rings is 1. The average Bonchev–Trinajstić information content (AvgIpc) is 2.55. The number of aryl methyl sites for hydroxylation is 1. The minimum absolute atomic E-state index is 0.174. The van der Waals surface area contributed by atoms with Gasteiger partial charge in [-0.2, -0.15) is 0 Å². The highest BCUT2D eigenvalue weighted by Gasteiger charge is 2.40. The molecule has 2 aliphatic rings. The van der Waals surface area contributed by atoms with Gasteiger partial charge in [0.1, 0.15) is 0 Å². The normalized spacial score (nSPS) is 26.3. The third-order valence-electron chi connectivity index (χ3n) is 6.15. The molecule has 3 heteroatoms. The Morgan fingerprint density at radius 2 is 2.04 bits per heavy atom. The Morgan fingerprint density at radius 1 is 1.25 bits per heavy atom. The number of amides is 1. The lowest BCUT2D eigenvalue weighted by Crippen LogP contribution is -2.36. The zero-order valence-corrected chi connectivity index (χ0v) is 14.5. The lowest BCUT2D eigenvalue weighted by atomic mass is 9.60. The molecule has 0 spiro atoms. The Bertz CT molecular complexity index is 752. The standard InChI is InChI=1S/C21H26N2O/c1-15-9-12-22-17-7-2-8-18(20(15)17)23-19(24)14-21-10-3-5-16(13-21)6-4-11-21/h2,7-9,12,16H,3-6,10-11,13-14H2,1H3,(H,23,24). The molecule has 0 radical (unpaired) electrons. The Hall–Kier alpha value is -1.90. The second-order valence-corrected chi connectivity index (χ2v) is 7.91. The van der Waals surface area contributed by atoms with E-state index in [0.29, 0.717) is 6.42 Å². The zero-order chi connectivity index (χ0) is 16.6. The van der Waals surface area contributed by atoms with Crippen LogP contribution in [0.3, 0.4) is 0 Å². The summed E-state index contributed by atoms with van der Waals surface area (Å²) in [5.41, 5.74) is 3.27. The van der Waals surface area contributed by atoms with E-state index in [0.717, 1.165) is 28.1 Å². The number of anilines is 1. The molecule has 0 aliphatic heterocycles. The molecule has 1 aromatic carbocycles. The van der Waals surface area contributed by atoms with Crippen molar-refractivity contribution in [2.75, 3.05) is 5.32 Å². The minimum Gasteiger partial charge on any atom is -0.325 e. The van der Waals surface area contributed by atoms with Gasteiger partial charge in [-0.05, 0) is 61.3 Å². The van der Waals surface area contributed by atoms with Crippen molar-refractivity contribution in [3.63, 3.8) is 0 Å². The first-order valence-corrected chi connectivity index (χ1v) is 9.29. The molecule has 126 valence electrons. The third-order valence-corrected chi connectivity index (χ3v) is 6.15. The van der Waals surface area contributed by atoms with E-state index in [2.05, 4.69) is 17.2 Å². The van der Waals surface area contributed by atoms with Crippen LogP contribution >= 0.6 is 0 Å². The molecule has 2 fully saturated rings. The lowest BCUT2D eigenvalue weighted by molar-refractivity contribution is -0.120. The summed E-state index contributed by atoms with van der Waals surface area (Å²) >= 11 is 0. The molecular weight excluding hydrogens is 296 g/mol. The van der Waals surface area contributed by atoms with Gasteiger partial charge in [0.25, 0.3) is 0 Å². The van der Waals surface area contributed by atoms with E-state index in [-0.39, 0.29) is 11.3 Å². The van der Waals surface area contributed by atoms with Crippen molar-refractivity contribution in [3.05, 3.63) is 36.0 Å². The van der Waals surface area contributed by atoms with Gasteiger partial charge in [-0.25, -0.2) is 0 Å². The summed E-state index contributed by atoms with van der Waals surface area (Å²) in [7, 11) is 0. The Kier molecular flexibility index (Phi) is 4.03. The number of hydrogen-bond donors (Lipinski definition) is 1. The molecule has 1 aromatic heterocycles. The van der Waals surface area contributed by atoms with Crippen molar-refractivity contribution in [2.45, 2.75) is 58.3 Å². The number of carbonyl (C=O) groups excluding carboxylic acids is 1. The highest BCUT2D eigenvalue weighted by Crippen LogP contribution is 2.51. The van der Waals surface area contributed by atoms with Gasteiger partial charge in [-0.15, -0.1) is 0 Å². The van der Waals surface area contributed by atoms with E-state index in [1.807, 2.05) is 30.5 Å². The van der Waals surface area contributed by atoms with Gasteiger partial charge in [-0.1, -0.05) is 31.7 Å². The Morgan fingerprint density at radius 3 is 2.83 bits per heavy atom. The Labute approximate surface area is 143 Å². The highest BCUT2D eigenvalue weighted by molar-refractivity contribution is 6.02. The molecule has 0 unspecified atom stereocenters. The first-order chi connectivity index (χ1) is 11.7. The van der Waals surface area contributed by atoms with Gasteiger partial charge < -0.3 is 5.32 Å². The van der Waals surface area contributed by atoms with E-state index in [4.69, 9.17) is 0 Å². The van der Waals surface area contributed by atoms with Crippen molar-refractivity contribution in [3.8, 4) is 0 Å². The van der Waals surface area contributed by atoms with Crippen LogP contribution in [0, 0.1) is 18.3 Å². The maximum absolute atomic E-state index is 12.8. The largest absolute Gasteiger partial charge is 0.325 e. The smallest absolute Gasteiger partial charge is 0.224 e. The van der Waals surface area contributed by atoms with Crippen LogP contribution in [0.25, 0.3) is 10.9 Å². The topological polar surface area (TPSA) is 42.0 Å². The second kappa shape index (κ2) is 6.19. The highest BCUT2D eigenvalue weighted by atomic mass is 16.1. The van der Waals surface area contributed by atoms with E-state index in [1.54, 1.807) is 0 Å². The monoisotopic (exact) mass is 322 g/mol. The molecule has 2 aromatic rings. The molecule has 1 amide bonds. The SMILES string of the molecule is Cc1ccnc2cccc(NC(=O)CC34CCCC(CCC3)C4)c12. The third kappa shape index (κ3) is 2.92. The van der Waals surface area contributed by atoms with Crippen molar-refractivity contribution in [1.82, 2.24) is 4.98 Å². The Balaban J connectivity index is 1.54. The van der Waals surface area contributed by atoms with Crippen molar-refractivity contribution < 1.29 is 4.79 Å². The number of nitrogens with one attached hydrogen (secondary N) is 1. The van der Waals surface area contributed by atoms with Crippen LogP contribution in [0.1, 0.15) is 56.9 Å². The van der Waals surface area contributed by atoms with Crippen LogP contribution in [-0.2, 0) is 4.79 Å². The molecule has 24 heavy (non-hydrogen) atoms. The summed E-state index contributed by atoms with van der Waals surface area (Å²) in [6.45, 7) is 2.07. The van der Waals surface area contributed by atoms with E-state index >= 15 is 0 Å². The van der Waals surface area contributed by atoms with Crippen LogP contribution in [0.4, 0.5) is 5.69 Å². The van der Waals surface area contributed by atoms with E-state index in [1.165, 1.54) is 44.9 Å². The molecule has 1 N–H and O–H groups in total. The quantitative estimate of drug-likeness (QED) is 0.840. The van der Waals surface area contributed by atoms with Crippen LogP contribution in [-0.4, -0.2) is 10.9 Å². The fourth-order valence-electron chi connectivity index (χ4n) is 5.08. The summed E-state index contributed by atoms with van der Waals surface area (Å²) in [5.74, 6) is 1.04. The fourth-order valence-corrected chi connectivity index (χ4v) is 5.08. The lowest BCUT2D eigenvalue weighted by Gasteiger charge is -2.45. The minimum atomic E-state index is 0.174. The summed E-state index contributed by atoms with van der Waals surface area (Å²) in [6, 6.07) is 7.98. The number of hydrogen-bond acceptors (Lipinski definition) is 2. The fraction of sp³-hybridized carbons (Fsp3) is 0.524. The number of fused-ring (bicyclic) bond motifs is 3. The number of pyridine rings is 1. The van der Waals surface area contributed by atoms with Gasteiger partial charge in [0.15, 0.2) is 0 Å². The van der Waals surface area contributed by atoms with Crippen LogP contribution < -0.4 is 5.32 Å². The molecule has 0 atom stereocenters. The molecule has 2 aliphatic carbocycles. The first-order valence-electron chi connectivity index (χ1n) is 9.29. The van der Waals surface area contributed by atoms with Crippen molar-refractivity contribution in [2.24, 2.45) is 11.3 Å². The van der Waals surface area contributed by atoms with Gasteiger partial charge in [0.05, 0.1) is 11.2 Å². The molecule has 4 rings (SSSR count). The number of carbonyl (C=O) groups is 1. The van der Waals surface area contributed by atoms with Crippen LogP contribution in [0.2, 0.25) is 0 Å². The average molecular weight is 322 g/mol. The van der Waals surface area contributed by atoms with Gasteiger partial charge in [-0.3, -0.25) is 9.78 Å². The molecule has 2 saturated carbocycles. The van der Waals surface area contributed by atoms with Gasteiger partial charge >= 0.3 is 0 Å². The number of nitrogens with zero attached hydrogens (tertiary/aromatic N) is 1. The number of aromatic nitrogens is 1. The summed E-state index contributed by atoms with van der Waals surface area (Å²) in [6.07, 6.45) is 11.6. The molecule has 0 saturated heterocycles. The van der Waals surface area contributed by atoms with Gasteiger partial charge in [0, 0.05) is 18.0 Å². The van der Waals surface area contributed by atoms with Gasteiger partial charge in [0.2, 0.25) is 5.91 Å². The van der Waals surface area contributed by atoms with Crippen LogP contribution in [0.5, 0.6) is 0 Å². The maximum atomic E-state index is 12.8. The van der Waals surface area contributed by atoms with Crippen LogP contribution in [0.15, 0.2) is 30.5 Å². The first kappa shape index (κ1) is 15.6. The summed E-state index contributed by atoms with van der Waals surface area (Å²) < 4.78 is 0. The predicted molar refractivity (Wildman–Crippen MR) is 98.0 cm³/mol. The van der Waals surface area contributed by atoms with Crippen molar-refractivity contribution >= 4 is 22.5 Å². The predicted octanol–water partition coefficient (Wildman–Crippen LogP) is 5.23. The molecular formula is C21H26N2O. The summed E-state index contributed by atoms with van der Waals surface area (Å²) in [4.78, 5) is 17.2. The van der Waals surface area contributed by atoms with E-state index in [9.17, 15) is 4.79 Å². The zero-order valence-electron chi connectivity index (χ0n) is 14.5. The van der Waals surface area contributed by atoms with E-state index < -0.39 is 0 Å². The molecule has 2 bridgehead atoms. The molecule has 3 nitrogen and oxygen atoms in total. The summed E-state index contributed by atoms with van der Waals surface area (Å²) in [5, 5.41) is 4.26. The second-order valence-electron chi connectivity index (χ2n) is 7.91.